The van der Waals surface area contributed by atoms with E-state index < -0.39 is 29.3 Å². The molecule has 6 nitrogen and oxygen atoms in total. The number of benzene rings is 1. The zero-order valence-electron chi connectivity index (χ0n) is 15.7. The third-order valence-electron chi connectivity index (χ3n) is 5.01. The average Bonchev–Trinajstić information content (AvgIpc) is 3.42. The Bertz CT molecular complexity index is 1080. The fourth-order valence-electron chi connectivity index (χ4n) is 3.42. The molecule has 0 bridgehead atoms. The van der Waals surface area contributed by atoms with E-state index in [0.717, 1.165) is 11.3 Å². The number of hydrogen-bond donors (Lipinski definition) is 2. The van der Waals surface area contributed by atoms with E-state index in [1.54, 1.807) is 24.5 Å². The smallest absolute Gasteiger partial charge is 0.270 e. The van der Waals surface area contributed by atoms with E-state index in [0.29, 0.717) is 30.8 Å². The molecule has 2 aromatic heterocycles. The Balaban J connectivity index is 1.40. The first kappa shape index (κ1) is 19.7. The third-order valence-corrected chi connectivity index (χ3v) is 5.01. The average molecular weight is 414 g/mol. The summed E-state index contributed by atoms with van der Waals surface area (Å²) in [6.07, 6.45) is 3.71. The van der Waals surface area contributed by atoms with Crippen LogP contribution in [0.2, 0.25) is 0 Å². The summed E-state index contributed by atoms with van der Waals surface area (Å²) < 4.78 is 39.7. The van der Waals surface area contributed by atoms with Crippen LogP contribution in [-0.2, 0) is 4.79 Å². The number of nitrogens with one attached hydrogen (secondary N) is 2. The first-order valence-corrected chi connectivity index (χ1v) is 9.26. The molecule has 2 N–H and O–H groups in total. The van der Waals surface area contributed by atoms with E-state index in [1.165, 1.54) is 4.90 Å². The van der Waals surface area contributed by atoms with Gasteiger partial charge < -0.3 is 15.2 Å². The predicted octanol–water partition coefficient (Wildman–Crippen LogP) is 3.59. The van der Waals surface area contributed by atoms with Crippen LogP contribution in [0.25, 0.3) is 11.3 Å². The molecule has 3 heterocycles. The number of halogens is 3. The van der Waals surface area contributed by atoms with Gasteiger partial charge in [0.05, 0.1) is 5.92 Å². The summed E-state index contributed by atoms with van der Waals surface area (Å²) in [5.41, 5.74) is 1.88. The molecule has 0 unspecified atom stereocenters. The number of aromatic nitrogens is 2. The number of amides is 2. The van der Waals surface area contributed by atoms with Crippen molar-refractivity contribution in [2.45, 2.75) is 6.42 Å². The number of likely N-dealkylation sites (tertiary alicyclic amines) is 1. The minimum absolute atomic E-state index is 0.167. The Morgan fingerprint density at radius 2 is 1.77 bits per heavy atom. The van der Waals surface area contributed by atoms with Crippen LogP contribution in [0.1, 0.15) is 16.9 Å². The predicted molar refractivity (Wildman–Crippen MR) is 103 cm³/mol. The molecule has 1 aliphatic heterocycles. The minimum atomic E-state index is -1.59. The zero-order valence-corrected chi connectivity index (χ0v) is 15.7. The van der Waals surface area contributed by atoms with Crippen molar-refractivity contribution in [3.05, 3.63) is 71.9 Å². The molecule has 9 heteroatoms. The number of rotatable bonds is 4. The Labute approximate surface area is 169 Å². The molecule has 3 aromatic rings. The highest BCUT2D eigenvalue weighted by atomic mass is 19.2. The van der Waals surface area contributed by atoms with Crippen LogP contribution in [0.4, 0.5) is 18.9 Å². The van der Waals surface area contributed by atoms with E-state index in [9.17, 15) is 22.8 Å². The van der Waals surface area contributed by atoms with Crippen molar-refractivity contribution in [1.82, 2.24) is 14.9 Å². The number of carbonyl (C=O) groups excluding carboxylic acids is 2. The van der Waals surface area contributed by atoms with Gasteiger partial charge in [-0.3, -0.25) is 14.6 Å². The summed E-state index contributed by atoms with van der Waals surface area (Å²) in [6, 6.07) is 8.53. The summed E-state index contributed by atoms with van der Waals surface area (Å²) in [4.78, 5) is 33.7. The number of pyridine rings is 1. The largest absolute Gasteiger partial charge is 0.351 e. The van der Waals surface area contributed by atoms with Crippen molar-refractivity contribution in [3.8, 4) is 11.3 Å². The van der Waals surface area contributed by atoms with Gasteiger partial charge in [0.15, 0.2) is 17.5 Å². The lowest BCUT2D eigenvalue weighted by Crippen LogP contribution is -2.31. The van der Waals surface area contributed by atoms with Crippen molar-refractivity contribution >= 4 is 17.5 Å². The molecule has 2 amide bonds. The molecular weight excluding hydrogens is 397 g/mol. The van der Waals surface area contributed by atoms with Crippen LogP contribution in [-0.4, -0.2) is 39.8 Å². The summed E-state index contributed by atoms with van der Waals surface area (Å²) in [7, 11) is 0. The van der Waals surface area contributed by atoms with Crippen LogP contribution < -0.4 is 5.32 Å². The molecule has 0 aliphatic carbocycles. The molecule has 0 radical (unpaired) electrons. The molecule has 1 atom stereocenters. The Morgan fingerprint density at radius 3 is 2.47 bits per heavy atom. The molecule has 30 heavy (non-hydrogen) atoms. The van der Waals surface area contributed by atoms with E-state index in [1.807, 2.05) is 12.1 Å². The van der Waals surface area contributed by atoms with Gasteiger partial charge in [-0.05, 0) is 30.7 Å². The molecule has 4 rings (SSSR count). The van der Waals surface area contributed by atoms with Crippen molar-refractivity contribution in [1.29, 1.82) is 0 Å². The van der Waals surface area contributed by atoms with E-state index in [-0.39, 0.29) is 18.1 Å². The highest BCUT2D eigenvalue weighted by Gasteiger charge is 2.32. The van der Waals surface area contributed by atoms with Gasteiger partial charge in [0, 0.05) is 54.6 Å². The second-order valence-corrected chi connectivity index (χ2v) is 7.00. The van der Waals surface area contributed by atoms with E-state index >= 15 is 0 Å². The van der Waals surface area contributed by atoms with Gasteiger partial charge in [-0.1, -0.05) is 0 Å². The van der Waals surface area contributed by atoms with Gasteiger partial charge in [-0.25, -0.2) is 13.2 Å². The SMILES string of the molecule is O=C(Nc1cc(F)c(F)c(F)c1)[C@H]1CCN(C(=O)c2ccc(-c3ccncc3)[nH]2)C1. The Kier molecular flexibility index (Phi) is 5.26. The van der Waals surface area contributed by atoms with E-state index in [4.69, 9.17) is 0 Å². The highest BCUT2D eigenvalue weighted by molar-refractivity contribution is 5.96. The number of aromatic amines is 1. The monoisotopic (exact) mass is 414 g/mol. The summed E-state index contributed by atoms with van der Waals surface area (Å²) in [5.74, 6) is -5.64. The summed E-state index contributed by atoms with van der Waals surface area (Å²) in [6.45, 7) is 0.535. The lowest BCUT2D eigenvalue weighted by molar-refractivity contribution is -0.119. The first-order valence-electron chi connectivity index (χ1n) is 9.26. The minimum Gasteiger partial charge on any atom is -0.351 e. The van der Waals surface area contributed by atoms with Crippen molar-refractivity contribution < 1.29 is 22.8 Å². The Hall–Kier alpha value is -3.62. The van der Waals surface area contributed by atoms with Crippen molar-refractivity contribution in [2.75, 3.05) is 18.4 Å². The molecule has 154 valence electrons. The lowest BCUT2D eigenvalue weighted by atomic mass is 10.1. The maximum Gasteiger partial charge on any atom is 0.270 e. The van der Waals surface area contributed by atoms with Gasteiger partial charge in [0.1, 0.15) is 5.69 Å². The molecular formula is C21H17F3N4O2. The molecule has 0 saturated carbocycles. The van der Waals surface area contributed by atoms with Gasteiger partial charge in [-0.2, -0.15) is 0 Å². The lowest BCUT2D eigenvalue weighted by Gasteiger charge is -2.16. The van der Waals surface area contributed by atoms with Crippen LogP contribution in [0, 0.1) is 23.4 Å². The van der Waals surface area contributed by atoms with Gasteiger partial charge in [-0.15, -0.1) is 0 Å². The fourth-order valence-corrected chi connectivity index (χ4v) is 3.42. The van der Waals surface area contributed by atoms with Gasteiger partial charge in [0.2, 0.25) is 5.91 Å². The number of anilines is 1. The number of H-pyrrole nitrogens is 1. The third kappa shape index (κ3) is 3.91. The number of hydrogen-bond acceptors (Lipinski definition) is 3. The molecule has 1 aromatic carbocycles. The topological polar surface area (TPSA) is 78.1 Å². The highest BCUT2D eigenvalue weighted by Crippen LogP contribution is 2.24. The first-order chi connectivity index (χ1) is 14.4. The summed E-state index contributed by atoms with van der Waals surface area (Å²) >= 11 is 0. The molecule has 1 fully saturated rings. The zero-order chi connectivity index (χ0) is 21.3. The number of carbonyl (C=O) groups is 2. The normalized spacial score (nSPS) is 16.0. The van der Waals surface area contributed by atoms with E-state index in [2.05, 4.69) is 15.3 Å². The Morgan fingerprint density at radius 1 is 1.07 bits per heavy atom. The van der Waals surface area contributed by atoms with Crippen molar-refractivity contribution in [2.24, 2.45) is 5.92 Å². The van der Waals surface area contributed by atoms with Crippen molar-refractivity contribution in [3.63, 3.8) is 0 Å². The fraction of sp³-hybridized carbons (Fsp3) is 0.190. The number of nitrogens with zero attached hydrogens (tertiary/aromatic N) is 2. The second kappa shape index (κ2) is 8.02. The standard InChI is InChI=1S/C21H17F3N4O2/c22-15-9-14(10-16(23)19(15)24)26-20(29)13-5-8-28(11-13)21(30)18-2-1-17(27-18)12-3-6-25-7-4-12/h1-4,6-7,9-10,13,27H,5,8,11H2,(H,26,29)/t13-/m0/s1. The molecule has 1 aliphatic rings. The molecule has 1 saturated heterocycles. The second-order valence-electron chi connectivity index (χ2n) is 7.00. The van der Waals surface area contributed by atoms with Gasteiger partial charge in [0.25, 0.3) is 5.91 Å². The van der Waals surface area contributed by atoms with Crippen LogP contribution in [0.3, 0.4) is 0 Å². The van der Waals surface area contributed by atoms with Crippen LogP contribution in [0.5, 0.6) is 0 Å². The van der Waals surface area contributed by atoms with Crippen LogP contribution in [0.15, 0.2) is 48.8 Å². The summed E-state index contributed by atoms with van der Waals surface area (Å²) in [5, 5.41) is 2.38. The van der Waals surface area contributed by atoms with Crippen LogP contribution >= 0.6 is 0 Å². The quantitative estimate of drug-likeness (QED) is 0.641. The maximum absolute atomic E-state index is 13.3. The van der Waals surface area contributed by atoms with Gasteiger partial charge >= 0.3 is 0 Å². The maximum atomic E-state index is 13.3. The molecule has 0 spiro atoms.